The Morgan fingerprint density at radius 2 is 0.769 bits per heavy atom. The molecule has 4 aliphatic heterocycles. The molecule has 0 saturated carbocycles. The molecule has 6 N–H and O–H groups in total. The average molecular weight is 1380 g/mol. The number of phosphoric acid groups is 3. The minimum absolute atomic E-state index is 0.0129. The van der Waals surface area contributed by atoms with E-state index in [4.69, 9.17) is 64.8 Å². The first-order chi connectivity index (χ1) is 42.8. The predicted octanol–water partition coefficient (Wildman–Crippen LogP) is -4.70. The summed E-state index contributed by atoms with van der Waals surface area (Å²) in [5.74, 6) is 0. The lowest BCUT2D eigenvalue weighted by Gasteiger charge is -2.32. The molecule has 508 valence electrons. The highest BCUT2D eigenvalue weighted by atomic mass is 31.2. The van der Waals surface area contributed by atoms with Crippen LogP contribution in [0.3, 0.4) is 0 Å². The second-order valence-electron chi connectivity index (χ2n) is 21.0. The molecule has 4 aromatic heterocycles. The summed E-state index contributed by atoms with van der Waals surface area (Å²) in [5.41, 5.74) is -6.95. The number of hydrogen-bond acceptors (Lipinski definition) is 31. The monoisotopic (exact) mass is 1380 g/mol. The van der Waals surface area contributed by atoms with E-state index in [1.807, 2.05) is 9.97 Å². The average Bonchev–Trinajstić information content (AvgIpc) is 2.25. The zero-order valence-corrected chi connectivity index (χ0v) is 52.5. The molecule has 16 atom stereocenters. The van der Waals surface area contributed by atoms with Crippen molar-refractivity contribution in [2.75, 3.05) is 73.1 Å². The molecule has 44 heteroatoms. The molecule has 0 aromatic carbocycles. The number of aromatic nitrogens is 8. The fourth-order valence-corrected chi connectivity index (χ4v) is 13.3. The van der Waals surface area contributed by atoms with Gasteiger partial charge in [-0.2, -0.15) is 0 Å². The zero-order valence-electron chi connectivity index (χ0n) is 48.9. The molecule has 0 spiro atoms. The van der Waals surface area contributed by atoms with E-state index in [1.54, 1.807) is 0 Å². The summed E-state index contributed by atoms with van der Waals surface area (Å²) in [7, 11) is -20.6. The highest BCUT2D eigenvalue weighted by Gasteiger charge is 2.46. The van der Waals surface area contributed by atoms with Crippen LogP contribution in [0.2, 0.25) is 0 Å². The van der Waals surface area contributed by atoms with Crippen LogP contribution in [0.5, 0.6) is 0 Å². The Hall–Kier alpha value is -5.16. The number of H-pyrrole nitrogens is 4. The van der Waals surface area contributed by atoms with Gasteiger partial charge < -0.3 is 89.5 Å². The van der Waals surface area contributed by atoms with Gasteiger partial charge >= 0.3 is 22.8 Å². The van der Waals surface area contributed by atoms with E-state index in [2.05, 4.69) is 15.1 Å². The Bertz CT molecular complexity index is 3920. The molecule has 8 heterocycles. The minimum atomic E-state index is -5.81. The molecule has 40 nitrogen and oxygen atoms in total. The second kappa shape index (κ2) is 30.5. The molecule has 4 saturated heterocycles. The van der Waals surface area contributed by atoms with E-state index in [1.165, 1.54) is 41.0 Å². The first-order valence-corrected chi connectivity index (χ1v) is 33.6. The van der Waals surface area contributed by atoms with Gasteiger partial charge in [-0.3, -0.25) is 80.7 Å². The molecule has 4 aromatic rings. The summed E-state index contributed by atoms with van der Waals surface area (Å²) in [6.45, 7) is 1.75. The molecule has 0 bridgehead atoms. The Morgan fingerprint density at radius 3 is 1.12 bits per heavy atom. The smallest absolute Gasteiger partial charge is 0.330 e. The second-order valence-corrected chi connectivity index (χ2v) is 26.7. The molecular weight excluding hydrogens is 1310 g/mol. The normalized spacial score (nSPS) is 27.8. The molecule has 0 amide bonds. The van der Waals surface area contributed by atoms with Gasteiger partial charge in [0.25, 0.3) is 45.7 Å². The topological polar surface area (TPSA) is 541 Å². The van der Waals surface area contributed by atoms with Gasteiger partial charge in [0.15, 0.2) is 0 Å². The number of nitrogens with one attached hydrogen (secondary N) is 5. The van der Waals surface area contributed by atoms with E-state index in [0.717, 1.165) is 36.9 Å². The molecule has 4 aliphatic rings. The molecule has 8 rings (SSSR count). The predicted molar refractivity (Wildman–Crippen MR) is 295 cm³/mol. The molecule has 91 heavy (non-hydrogen) atoms. The zero-order chi connectivity index (χ0) is 66.3. The summed E-state index contributed by atoms with van der Waals surface area (Å²) in [4.78, 5) is 162. The summed E-state index contributed by atoms with van der Waals surface area (Å²) in [5, 5.41) is 12.9. The molecule has 4 fully saturated rings. The van der Waals surface area contributed by atoms with Crippen molar-refractivity contribution in [3.8, 4) is 0 Å². The fraction of sp³-hybridized carbons (Fsp3) is 0.660. The highest BCUT2D eigenvalue weighted by molar-refractivity contribution is 7.49. The summed E-state index contributed by atoms with van der Waals surface area (Å²) >= 11 is 0. The Morgan fingerprint density at radius 1 is 0.473 bits per heavy atom. The highest BCUT2D eigenvalue weighted by Crippen LogP contribution is 2.51. The van der Waals surface area contributed by atoms with Crippen LogP contribution < -0.4 is 69.7 Å². The molecular formula is C47H65N9O31P4-4. The molecule has 0 radical (unpaired) electrons. The first-order valence-electron chi connectivity index (χ1n) is 27.7. The number of aliphatic hydroxyl groups is 1. The number of hydrogen-bond donors (Lipinski definition) is 6. The largest absolute Gasteiger partial charge is 0.766 e. The maximum Gasteiger partial charge on any atom is 0.330 e. The summed E-state index contributed by atoms with van der Waals surface area (Å²) in [6.07, 6.45) is -16.7. The van der Waals surface area contributed by atoms with Gasteiger partial charge in [-0.1, -0.05) is 0 Å². The quantitative estimate of drug-likeness (QED) is 0.0198. The number of nitrogens with zero attached hydrogens (tertiary/aromatic N) is 4. The molecule has 16 unspecified atom stereocenters. The van der Waals surface area contributed by atoms with Crippen LogP contribution in [0, 0.1) is 27.7 Å². The number of aryl methyl sites for hydroxylation is 4. The van der Waals surface area contributed by atoms with Crippen molar-refractivity contribution in [1.29, 1.82) is 0 Å². The standard InChI is InChI=1S/C47H69N9O31P4/c1-24-16-53(44(62)49-40(24)58)36-12-28(57)32(81-36)20-78-89(68,69)86-30-14-38(55-18-26(3)42(60)51-46(55)64)83-34(30)22-80-91(72,73)87-31-15-39(56-19-27(4)43(61)52-47(56)65)84-35(31)23-79-90(70,71)85-29-13-37(54-17-25(2)41(59)50-45(54)63)82-33(29)21-77-88(66,67)48-6-7-75-10-11-76-9-8-74-5/h16-19,28-39,57H,6-15,20-23H2,1-5H3,(H,68,69)(H,70,71)(H,72,73)(H2,48,66,67)(H,49,58,62)(H,50,59,63)(H,51,60,64)(H,52,61,65)/p-4. The van der Waals surface area contributed by atoms with E-state index in [-0.39, 0.29) is 55.0 Å². The first kappa shape index (κ1) is 71.7. The molecule has 0 aliphatic carbocycles. The number of ether oxygens (including phenoxy) is 7. The van der Waals surface area contributed by atoms with E-state index >= 15 is 0 Å². The van der Waals surface area contributed by atoms with Crippen LogP contribution in [0.1, 0.15) is 72.8 Å². The maximum atomic E-state index is 13.9. The van der Waals surface area contributed by atoms with Gasteiger partial charge in [-0.05, 0) is 27.7 Å². The van der Waals surface area contributed by atoms with Gasteiger partial charge in [0, 0.05) is 86.4 Å². The Labute approximate surface area is 511 Å². The number of phosphoric ester groups is 3. The van der Waals surface area contributed by atoms with Crippen molar-refractivity contribution in [1.82, 2.24) is 43.3 Å². The third kappa shape index (κ3) is 19.3. The van der Waals surface area contributed by atoms with Crippen LogP contribution in [0.15, 0.2) is 63.1 Å². The van der Waals surface area contributed by atoms with Crippen LogP contribution >= 0.6 is 31.2 Å². The van der Waals surface area contributed by atoms with Crippen LogP contribution in [-0.4, -0.2) is 165 Å². The van der Waals surface area contributed by atoms with Crippen molar-refractivity contribution >= 4 is 31.2 Å². The minimum Gasteiger partial charge on any atom is -0.766 e. The Kier molecular flexibility index (Phi) is 24.0. The van der Waals surface area contributed by atoms with Crippen molar-refractivity contribution in [3.63, 3.8) is 0 Å². The van der Waals surface area contributed by atoms with Gasteiger partial charge in [0.2, 0.25) is 7.75 Å². The summed E-state index contributed by atoms with van der Waals surface area (Å²) < 4.78 is 133. The van der Waals surface area contributed by atoms with Gasteiger partial charge in [0.1, 0.15) is 49.3 Å². The fourth-order valence-electron chi connectivity index (χ4n) is 9.65. The van der Waals surface area contributed by atoms with Crippen molar-refractivity contribution in [2.24, 2.45) is 0 Å². The number of aromatic amines is 4. The number of rotatable bonds is 32. The van der Waals surface area contributed by atoms with E-state index in [9.17, 15) is 81.3 Å². The van der Waals surface area contributed by atoms with Crippen molar-refractivity contribution in [2.45, 2.75) is 127 Å². The van der Waals surface area contributed by atoms with Crippen LogP contribution in [0.25, 0.3) is 0 Å². The van der Waals surface area contributed by atoms with Crippen molar-refractivity contribution < 1.29 is 108 Å². The lowest BCUT2D eigenvalue weighted by atomic mass is 10.2. The van der Waals surface area contributed by atoms with E-state index < -0.39 is 196 Å². The van der Waals surface area contributed by atoms with Crippen LogP contribution in [-0.2, 0) is 83.1 Å². The van der Waals surface area contributed by atoms with Gasteiger partial charge in [-0.15, -0.1) is 0 Å². The van der Waals surface area contributed by atoms with Gasteiger partial charge in [0.05, 0.1) is 83.9 Å². The summed E-state index contributed by atoms with van der Waals surface area (Å²) in [6, 6.07) is 0. The third-order valence-corrected chi connectivity index (χ3v) is 18.4. The Balaban J connectivity index is 0.955. The lowest BCUT2D eigenvalue weighted by molar-refractivity contribution is -0.238. The lowest BCUT2D eigenvalue weighted by Crippen LogP contribution is -2.35. The SMILES string of the molecule is COCCOCCOCCNP(=O)([O-])OCC1OC(n2cc(C)c(=O)[nH]c2=O)CC1OP(=O)([O-])OCC1OC(n2cc(C)c(=O)[nH]c2=O)CC1OP(=O)([O-])OCC1OC(n2cc(C)c(=O)[nH]c2=O)CC1OP(=O)([O-])OCC1OC(n2cc(C)c(=O)[nH]c2=O)CC1O. The number of methoxy groups -OCH3 is 1. The van der Waals surface area contributed by atoms with Crippen LogP contribution in [0.4, 0.5) is 0 Å². The maximum absolute atomic E-state index is 13.9. The third-order valence-electron chi connectivity index (χ3n) is 14.3. The van der Waals surface area contributed by atoms with E-state index in [0.29, 0.717) is 13.2 Å². The number of aliphatic hydroxyl groups excluding tert-OH is 1. The van der Waals surface area contributed by atoms with Crippen molar-refractivity contribution in [3.05, 3.63) is 130 Å². The van der Waals surface area contributed by atoms with Gasteiger partial charge in [-0.25, -0.2) is 19.2 Å².